The number of hydrogen-bond donors (Lipinski definition) is 3. The van der Waals surface area contributed by atoms with Crippen LogP contribution >= 0.6 is 0 Å². The van der Waals surface area contributed by atoms with Crippen LogP contribution in [0.5, 0.6) is 0 Å². The molecule has 5 heteroatoms. The standard InChI is InChI=1S/C5H9NO4/c1-2(4(7)8)3(6)5(9)10/h2-3H,6H2,1H3,(H,7,8)(H,9,10)/t2-,3-/m1/s1/i2D. The summed E-state index contributed by atoms with van der Waals surface area (Å²) in [6, 6.07) is -1.71. The number of hydrogen-bond acceptors (Lipinski definition) is 3. The van der Waals surface area contributed by atoms with Gasteiger partial charge in [-0.25, -0.2) is 0 Å². The molecule has 0 bridgehead atoms. The molecule has 2 atom stereocenters. The summed E-state index contributed by atoms with van der Waals surface area (Å²) in [4.78, 5) is 20.4. The lowest BCUT2D eigenvalue weighted by atomic mass is 10.0. The third-order valence-electron chi connectivity index (χ3n) is 1.07. The molecule has 0 unspecified atom stereocenters. The minimum atomic E-state index is -2.17. The van der Waals surface area contributed by atoms with Crippen molar-refractivity contribution in [3.63, 3.8) is 0 Å². The maximum atomic E-state index is 10.2. The van der Waals surface area contributed by atoms with Crippen molar-refractivity contribution in [2.24, 2.45) is 11.6 Å². The van der Waals surface area contributed by atoms with Gasteiger partial charge in [-0.2, -0.15) is 0 Å². The minimum Gasteiger partial charge on any atom is -0.481 e. The highest BCUT2D eigenvalue weighted by Gasteiger charge is 2.25. The minimum absolute atomic E-state index is 0.939. The maximum Gasteiger partial charge on any atom is 0.321 e. The molecule has 0 aliphatic rings. The van der Waals surface area contributed by atoms with Crippen LogP contribution < -0.4 is 5.73 Å². The topological polar surface area (TPSA) is 101 Å². The Kier molecular flexibility index (Phi) is 2.22. The fraction of sp³-hybridized carbons (Fsp3) is 0.600. The van der Waals surface area contributed by atoms with Crippen molar-refractivity contribution in [1.29, 1.82) is 0 Å². The number of aliphatic carboxylic acids is 2. The van der Waals surface area contributed by atoms with Crippen molar-refractivity contribution in [3.05, 3.63) is 0 Å². The van der Waals surface area contributed by atoms with Crippen molar-refractivity contribution < 1.29 is 21.2 Å². The zero-order chi connectivity index (χ0) is 9.23. The molecular formula is C5H9NO4. The van der Waals surface area contributed by atoms with Crippen molar-refractivity contribution in [3.8, 4) is 0 Å². The van der Waals surface area contributed by atoms with Crippen molar-refractivity contribution >= 4 is 11.9 Å². The Morgan fingerprint density at radius 3 is 2.00 bits per heavy atom. The lowest BCUT2D eigenvalue weighted by molar-refractivity contribution is -0.149. The lowest BCUT2D eigenvalue weighted by Gasteiger charge is -2.09. The lowest BCUT2D eigenvalue weighted by Crippen LogP contribution is -2.40. The molecule has 4 N–H and O–H groups in total. The summed E-state index contributed by atoms with van der Waals surface area (Å²) in [7, 11) is 0. The highest BCUT2D eigenvalue weighted by molar-refractivity contribution is 5.82. The van der Waals surface area contributed by atoms with E-state index < -0.39 is 23.9 Å². The SMILES string of the molecule is [2H][C@](C)(C(=O)O)[C@@H](N)C(=O)O. The maximum absolute atomic E-state index is 10.2. The Bertz CT molecular complexity index is 191. The van der Waals surface area contributed by atoms with E-state index in [-0.39, 0.29) is 0 Å². The second kappa shape index (κ2) is 3.17. The van der Waals surface area contributed by atoms with Gasteiger partial charge in [-0.05, 0) is 6.92 Å². The van der Waals surface area contributed by atoms with Crippen molar-refractivity contribution in [2.75, 3.05) is 0 Å². The molecule has 0 spiro atoms. The molecule has 0 rings (SSSR count). The van der Waals surface area contributed by atoms with Gasteiger partial charge in [0.25, 0.3) is 0 Å². The van der Waals surface area contributed by atoms with Gasteiger partial charge >= 0.3 is 11.9 Å². The number of nitrogens with two attached hydrogens (primary N) is 1. The van der Waals surface area contributed by atoms with Gasteiger partial charge in [0.2, 0.25) is 0 Å². The summed E-state index contributed by atoms with van der Waals surface area (Å²) in [5.74, 6) is -5.22. The summed E-state index contributed by atoms with van der Waals surface area (Å²) in [6.45, 7) is 0.939. The van der Waals surface area contributed by atoms with Gasteiger partial charge in [0.1, 0.15) is 6.04 Å². The number of rotatable bonds is 3. The molecule has 10 heavy (non-hydrogen) atoms. The molecule has 0 aliphatic carbocycles. The second-order valence-corrected chi connectivity index (χ2v) is 1.80. The summed E-state index contributed by atoms with van der Waals surface area (Å²) < 4.78 is 7.01. The normalized spacial score (nSPS) is 20.4. The summed E-state index contributed by atoms with van der Waals surface area (Å²) in [6.07, 6.45) is 0. The molecular weight excluding hydrogens is 138 g/mol. The molecule has 0 heterocycles. The average molecular weight is 148 g/mol. The van der Waals surface area contributed by atoms with Gasteiger partial charge in [0.15, 0.2) is 0 Å². The van der Waals surface area contributed by atoms with E-state index in [2.05, 4.69) is 0 Å². The van der Waals surface area contributed by atoms with E-state index in [9.17, 15) is 9.59 Å². The average Bonchev–Trinajstić information content (AvgIpc) is 1.85. The van der Waals surface area contributed by atoms with Gasteiger partial charge in [-0.1, -0.05) is 0 Å². The Hall–Kier alpha value is -1.10. The Morgan fingerprint density at radius 2 is 1.90 bits per heavy atom. The number of carboxylic acids is 2. The fourth-order valence-corrected chi connectivity index (χ4v) is 0.318. The number of carboxylic acid groups (broad SMARTS) is 2. The van der Waals surface area contributed by atoms with Gasteiger partial charge in [-0.3, -0.25) is 9.59 Å². The van der Waals surface area contributed by atoms with Gasteiger partial charge in [0, 0.05) is 1.37 Å². The van der Waals surface area contributed by atoms with Crippen LogP contribution in [0, 0.1) is 5.89 Å². The zero-order valence-corrected chi connectivity index (χ0v) is 5.37. The van der Waals surface area contributed by atoms with Crippen LogP contribution in [0.4, 0.5) is 0 Å². The molecule has 0 saturated carbocycles. The molecule has 0 aromatic heterocycles. The smallest absolute Gasteiger partial charge is 0.321 e. The second-order valence-electron chi connectivity index (χ2n) is 1.80. The largest absolute Gasteiger partial charge is 0.481 e. The first-order valence-electron chi connectivity index (χ1n) is 3.02. The third kappa shape index (κ3) is 2.02. The molecule has 0 aromatic carbocycles. The van der Waals surface area contributed by atoms with Gasteiger partial charge in [0.05, 0.1) is 5.89 Å². The fourth-order valence-electron chi connectivity index (χ4n) is 0.318. The first-order valence-corrected chi connectivity index (χ1v) is 2.52. The van der Waals surface area contributed by atoms with Crippen LogP contribution in [0.15, 0.2) is 0 Å². The van der Waals surface area contributed by atoms with Crippen LogP contribution in [0.1, 0.15) is 8.29 Å². The molecule has 0 saturated heterocycles. The summed E-state index contributed by atoms with van der Waals surface area (Å²) in [5.41, 5.74) is 4.93. The van der Waals surface area contributed by atoms with E-state index in [1.807, 2.05) is 0 Å². The van der Waals surface area contributed by atoms with Gasteiger partial charge in [-0.15, -0.1) is 0 Å². The van der Waals surface area contributed by atoms with E-state index in [1.165, 1.54) is 0 Å². The van der Waals surface area contributed by atoms with Crippen LogP contribution in [-0.4, -0.2) is 28.2 Å². The molecule has 0 radical (unpaired) electrons. The van der Waals surface area contributed by atoms with E-state index in [0.29, 0.717) is 0 Å². The van der Waals surface area contributed by atoms with E-state index in [1.54, 1.807) is 0 Å². The predicted octanol–water partition coefficient (Wildman–Crippen LogP) is -0.881. The zero-order valence-electron chi connectivity index (χ0n) is 6.37. The van der Waals surface area contributed by atoms with Crippen molar-refractivity contribution in [1.82, 2.24) is 0 Å². The van der Waals surface area contributed by atoms with Crippen LogP contribution in [-0.2, 0) is 9.59 Å². The molecule has 0 aliphatic heterocycles. The predicted molar refractivity (Wildman–Crippen MR) is 32.4 cm³/mol. The first-order chi connectivity index (χ1) is 4.80. The molecule has 5 nitrogen and oxygen atoms in total. The van der Waals surface area contributed by atoms with E-state index in [4.69, 9.17) is 17.3 Å². The summed E-state index contributed by atoms with van der Waals surface area (Å²) >= 11 is 0. The monoisotopic (exact) mass is 148 g/mol. The third-order valence-corrected chi connectivity index (χ3v) is 1.07. The quantitative estimate of drug-likeness (QED) is 0.482. The van der Waals surface area contributed by atoms with Crippen LogP contribution in [0.2, 0.25) is 0 Å². The Labute approximate surface area is 58.9 Å². The Morgan fingerprint density at radius 1 is 1.50 bits per heavy atom. The molecule has 0 amide bonds. The Balaban J connectivity index is 4.55. The van der Waals surface area contributed by atoms with E-state index in [0.717, 1.165) is 6.92 Å². The molecule has 0 fully saturated rings. The van der Waals surface area contributed by atoms with E-state index >= 15 is 0 Å². The first kappa shape index (κ1) is 7.01. The van der Waals surface area contributed by atoms with Crippen LogP contribution in [0.25, 0.3) is 0 Å². The highest BCUT2D eigenvalue weighted by atomic mass is 16.4. The molecule has 58 valence electrons. The summed E-state index contributed by atoms with van der Waals surface area (Å²) in [5, 5.41) is 16.6. The van der Waals surface area contributed by atoms with Crippen LogP contribution in [0.3, 0.4) is 0 Å². The highest BCUT2D eigenvalue weighted by Crippen LogP contribution is 1.99. The number of carbonyl (C=O) groups is 2. The van der Waals surface area contributed by atoms with Crippen molar-refractivity contribution in [2.45, 2.75) is 13.0 Å². The van der Waals surface area contributed by atoms with Gasteiger partial charge < -0.3 is 15.9 Å². The molecule has 0 aromatic rings.